The third-order valence-electron chi connectivity index (χ3n) is 3.84. The van der Waals surface area contributed by atoms with E-state index < -0.39 is 5.97 Å². The van der Waals surface area contributed by atoms with Gasteiger partial charge in [0.1, 0.15) is 0 Å². The maximum Gasteiger partial charge on any atom is 0.335 e. The monoisotopic (exact) mass is 306 g/mol. The molecule has 0 atom stereocenters. The number of hydrogen-bond donors (Lipinski definition) is 1. The van der Waals surface area contributed by atoms with Crippen molar-refractivity contribution in [3.63, 3.8) is 0 Å². The zero-order valence-electron chi connectivity index (χ0n) is 13.2. The lowest BCUT2D eigenvalue weighted by Crippen LogP contribution is -2.17. The van der Waals surface area contributed by atoms with Crippen molar-refractivity contribution in [3.8, 4) is 0 Å². The van der Waals surface area contributed by atoms with Gasteiger partial charge in [-0.2, -0.15) is 0 Å². The van der Waals surface area contributed by atoms with Gasteiger partial charge in [0, 0.05) is 30.4 Å². The van der Waals surface area contributed by atoms with Crippen LogP contribution in [0, 0.1) is 6.92 Å². The van der Waals surface area contributed by atoms with Gasteiger partial charge < -0.3 is 10.0 Å². The zero-order chi connectivity index (χ0) is 16.4. The third kappa shape index (κ3) is 3.16. The molecule has 116 valence electrons. The van der Waals surface area contributed by atoms with Crippen LogP contribution in [0.4, 0.5) is 5.69 Å². The van der Waals surface area contributed by atoms with Crippen LogP contribution in [0.1, 0.15) is 21.6 Å². The fourth-order valence-electron chi connectivity index (χ4n) is 2.73. The SMILES string of the molecule is Cc1cc(N(C)Cc2ccccc2)c2cc(C(=O)O)ccc2n1. The second-order valence-corrected chi connectivity index (χ2v) is 5.66. The highest BCUT2D eigenvalue weighted by Gasteiger charge is 2.12. The molecule has 0 aliphatic heterocycles. The summed E-state index contributed by atoms with van der Waals surface area (Å²) in [6.07, 6.45) is 0. The van der Waals surface area contributed by atoms with E-state index in [4.69, 9.17) is 0 Å². The summed E-state index contributed by atoms with van der Waals surface area (Å²) < 4.78 is 0. The third-order valence-corrected chi connectivity index (χ3v) is 3.84. The predicted octanol–water partition coefficient (Wildman–Crippen LogP) is 3.88. The lowest BCUT2D eigenvalue weighted by molar-refractivity contribution is 0.0697. The molecule has 0 unspecified atom stereocenters. The predicted molar refractivity (Wildman–Crippen MR) is 92.0 cm³/mol. The van der Waals surface area contributed by atoms with Gasteiger partial charge in [0.05, 0.1) is 11.1 Å². The summed E-state index contributed by atoms with van der Waals surface area (Å²) in [5.74, 6) is -0.927. The van der Waals surface area contributed by atoms with Crippen LogP contribution in [0.25, 0.3) is 10.9 Å². The number of anilines is 1. The lowest BCUT2D eigenvalue weighted by atomic mass is 10.1. The van der Waals surface area contributed by atoms with E-state index in [0.717, 1.165) is 28.8 Å². The van der Waals surface area contributed by atoms with Gasteiger partial charge in [-0.25, -0.2) is 4.79 Å². The number of hydrogen-bond acceptors (Lipinski definition) is 3. The summed E-state index contributed by atoms with van der Waals surface area (Å²) >= 11 is 0. The molecule has 1 aromatic heterocycles. The molecule has 0 aliphatic rings. The van der Waals surface area contributed by atoms with Crippen LogP contribution in [0.3, 0.4) is 0 Å². The van der Waals surface area contributed by atoms with Crippen molar-refractivity contribution in [2.75, 3.05) is 11.9 Å². The van der Waals surface area contributed by atoms with Crippen LogP contribution in [0.15, 0.2) is 54.6 Å². The van der Waals surface area contributed by atoms with Gasteiger partial charge in [0.25, 0.3) is 0 Å². The summed E-state index contributed by atoms with van der Waals surface area (Å²) in [7, 11) is 2.01. The maximum absolute atomic E-state index is 11.2. The number of fused-ring (bicyclic) bond motifs is 1. The standard InChI is InChI=1S/C19H18N2O2/c1-13-10-18(21(2)12-14-6-4-3-5-7-14)16-11-15(19(22)23)8-9-17(16)20-13/h3-11H,12H2,1-2H3,(H,22,23). The Labute approximate surface area is 135 Å². The summed E-state index contributed by atoms with van der Waals surface area (Å²) in [5, 5.41) is 10.1. The highest BCUT2D eigenvalue weighted by molar-refractivity contribution is 5.98. The molecule has 3 aromatic rings. The van der Waals surface area contributed by atoms with Crippen molar-refractivity contribution in [3.05, 3.63) is 71.4 Å². The molecule has 0 spiro atoms. The number of carboxylic acids is 1. The Morgan fingerprint density at radius 2 is 1.87 bits per heavy atom. The van der Waals surface area contributed by atoms with E-state index in [1.165, 1.54) is 5.56 Å². The summed E-state index contributed by atoms with van der Waals surface area (Å²) in [4.78, 5) is 17.9. The van der Waals surface area contributed by atoms with Crippen molar-refractivity contribution in [2.45, 2.75) is 13.5 Å². The molecule has 1 N–H and O–H groups in total. The van der Waals surface area contributed by atoms with Crippen molar-refractivity contribution in [1.82, 2.24) is 4.98 Å². The fraction of sp³-hybridized carbons (Fsp3) is 0.158. The number of rotatable bonds is 4. The van der Waals surface area contributed by atoms with Gasteiger partial charge in [0.15, 0.2) is 0 Å². The minimum atomic E-state index is -0.927. The number of aromatic carboxylic acids is 1. The lowest BCUT2D eigenvalue weighted by Gasteiger charge is -2.22. The van der Waals surface area contributed by atoms with Crippen LogP contribution in [-0.2, 0) is 6.54 Å². The normalized spacial score (nSPS) is 10.7. The van der Waals surface area contributed by atoms with Crippen molar-refractivity contribution >= 4 is 22.6 Å². The van der Waals surface area contributed by atoms with Gasteiger partial charge in [0.2, 0.25) is 0 Å². The number of carbonyl (C=O) groups is 1. The molecular formula is C19H18N2O2. The van der Waals surface area contributed by atoms with Crippen LogP contribution in [0.5, 0.6) is 0 Å². The Bertz CT molecular complexity index is 860. The summed E-state index contributed by atoms with van der Waals surface area (Å²) in [5.41, 5.74) is 4.18. The first-order valence-electron chi connectivity index (χ1n) is 7.44. The number of aromatic nitrogens is 1. The van der Waals surface area contributed by atoms with E-state index in [1.807, 2.05) is 38.2 Å². The molecule has 4 nitrogen and oxygen atoms in total. The van der Waals surface area contributed by atoms with Gasteiger partial charge in [-0.3, -0.25) is 4.98 Å². The van der Waals surface area contributed by atoms with Gasteiger partial charge in [-0.15, -0.1) is 0 Å². The molecular weight excluding hydrogens is 288 g/mol. The van der Waals surface area contributed by atoms with Gasteiger partial charge in [-0.05, 0) is 36.8 Å². The van der Waals surface area contributed by atoms with Crippen LogP contribution < -0.4 is 4.90 Å². The first-order chi connectivity index (χ1) is 11.0. The van der Waals surface area contributed by atoms with E-state index in [2.05, 4.69) is 22.0 Å². The molecule has 0 aliphatic carbocycles. The average Bonchev–Trinajstić information content (AvgIpc) is 2.54. The molecule has 0 amide bonds. The minimum Gasteiger partial charge on any atom is -0.478 e. The molecule has 0 saturated heterocycles. The second-order valence-electron chi connectivity index (χ2n) is 5.66. The van der Waals surface area contributed by atoms with Crippen LogP contribution >= 0.6 is 0 Å². The minimum absolute atomic E-state index is 0.275. The number of aryl methyl sites for hydroxylation is 1. The molecule has 2 aromatic carbocycles. The van der Waals surface area contributed by atoms with E-state index >= 15 is 0 Å². The quantitative estimate of drug-likeness (QED) is 0.795. The molecule has 23 heavy (non-hydrogen) atoms. The topological polar surface area (TPSA) is 53.4 Å². The Hall–Kier alpha value is -2.88. The van der Waals surface area contributed by atoms with E-state index in [-0.39, 0.29) is 5.56 Å². The first-order valence-corrected chi connectivity index (χ1v) is 7.44. The average molecular weight is 306 g/mol. The Morgan fingerprint density at radius 1 is 1.13 bits per heavy atom. The maximum atomic E-state index is 11.2. The fourth-order valence-corrected chi connectivity index (χ4v) is 2.73. The van der Waals surface area contributed by atoms with Gasteiger partial charge >= 0.3 is 5.97 Å². The molecule has 1 heterocycles. The van der Waals surface area contributed by atoms with Crippen molar-refractivity contribution in [1.29, 1.82) is 0 Å². The molecule has 0 fully saturated rings. The summed E-state index contributed by atoms with van der Waals surface area (Å²) in [6, 6.07) is 17.2. The smallest absolute Gasteiger partial charge is 0.335 e. The largest absolute Gasteiger partial charge is 0.478 e. The Morgan fingerprint density at radius 3 is 2.57 bits per heavy atom. The molecule has 0 saturated carbocycles. The van der Waals surface area contributed by atoms with Crippen LogP contribution in [0.2, 0.25) is 0 Å². The molecule has 4 heteroatoms. The van der Waals surface area contributed by atoms with Crippen LogP contribution in [-0.4, -0.2) is 23.1 Å². The zero-order valence-corrected chi connectivity index (χ0v) is 13.2. The Balaban J connectivity index is 2.07. The molecule has 0 bridgehead atoms. The Kier molecular flexibility index (Phi) is 3.98. The number of pyridine rings is 1. The molecule has 0 radical (unpaired) electrons. The van der Waals surface area contributed by atoms with Crippen molar-refractivity contribution < 1.29 is 9.90 Å². The number of nitrogens with zero attached hydrogens (tertiary/aromatic N) is 2. The highest BCUT2D eigenvalue weighted by atomic mass is 16.4. The molecule has 3 rings (SSSR count). The highest BCUT2D eigenvalue weighted by Crippen LogP contribution is 2.28. The van der Waals surface area contributed by atoms with E-state index in [0.29, 0.717) is 0 Å². The van der Waals surface area contributed by atoms with Crippen molar-refractivity contribution in [2.24, 2.45) is 0 Å². The summed E-state index contributed by atoms with van der Waals surface area (Å²) in [6.45, 7) is 2.70. The second kappa shape index (κ2) is 6.08. The van der Waals surface area contributed by atoms with Gasteiger partial charge in [-0.1, -0.05) is 30.3 Å². The van der Waals surface area contributed by atoms with E-state index in [1.54, 1.807) is 18.2 Å². The van der Waals surface area contributed by atoms with E-state index in [9.17, 15) is 9.90 Å². The number of carboxylic acid groups (broad SMARTS) is 1. The number of benzene rings is 2. The first kappa shape index (κ1) is 15.0.